The Morgan fingerprint density at radius 1 is 1.03 bits per heavy atom. The van der Waals surface area contributed by atoms with Gasteiger partial charge in [0.1, 0.15) is 17.9 Å². The number of nitrogens with one attached hydrogen (secondary N) is 2. The van der Waals surface area contributed by atoms with E-state index in [9.17, 15) is 4.79 Å². The van der Waals surface area contributed by atoms with E-state index in [0.29, 0.717) is 17.2 Å². The van der Waals surface area contributed by atoms with Gasteiger partial charge in [0.2, 0.25) is 0 Å². The Bertz CT molecular complexity index is 1370. The average molecular weight is 424 g/mol. The first-order valence-electron chi connectivity index (χ1n) is 10.1. The lowest BCUT2D eigenvalue weighted by Crippen LogP contribution is -2.23. The van der Waals surface area contributed by atoms with Gasteiger partial charge in [0.25, 0.3) is 5.91 Å². The fourth-order valence-electron chi connectivity index (χ4n) is 3.45. The number of para-hydroxylation sites is 2. The summed E-state index contributed by atoms with van der Waals surface area (Å²) in [6.45, 7) is 0.246. The number of rotatable bonds is 6. The minimum absolute atomic E-state index is 0.186. The van der Waals surface area contributed by atoms with Gasteiger partial charge in [-0.05, 0) is 60.7 Å². The zero-order valence-electron chi connectivity index (χ0n) is 17.3. The fourth-order valence-corrected chi connectivity index (χ4v) is 3.45. The van der Waals surface area contributed by atoms with Crippen LogP contribution >= 0.6 is 0 Å². The molecule has 0 bridgehead atoms. The van der Waals surface area contributed by atoms with Gasteiger partial charge in [-0.1, -0.05) is 12.1 Å². The number of ether oxygens (including phenoxy) is 1. The molecule has 0 fully saturated rings. The van der Waals surface area contributed by atoms with Crippen molar-refractivity contribution >= 4 is 16.9 Å². The van der Waals surface area contributed by atoms with Crippen molar-refractivity contribution in [2.75, 3.05) is 7.11 Å². The molecule has 0 saturated carbocycles. The van der Waals surface area contributed by atoms with E-state index in [-0.39, 0.29) is 12.5 Å². The smallest absolute Gasteiger partial charge is 0.251 e. The normalized spacial score (nSPS) is 10.9. The standard InChI is InChI=1S/C24H20N6O2/c1-32-19-12-8-16(9-13-19)23-27-22(28-29-23)14-25-24(31)17-6-10-18(11-7-17)30-15-26-20-4-2-3-5-21(20)30/h2-13,15H,14H2,1H3,(H,25,31)(H,27,28,29). The zero-order valence-corrected chi connectivity index (χ0v) is 17.3. The Labute approximate surface area is 183 Å². The first-order chi connectivity index (χ1) is 15.7. The molecule has 0 spiro atoms. The van der Waals surface area contributed by atoms with Crippen LogP contribution in [0.25, 0.3) is 28.1 Å². The molecule has 0 unspecified atom stereocenters. The van der Waals surface area contributed by atoms with Crippen LogP contribution in [0.5, 0.6) is 5.75 Å². The van der Waals surface area contributed by atoms with Gasteiger partial charge < -0.3 is 10.1 Å². The molecule has 0 aliphatic heterocycles. The monoisotopic (exact) mass is 424 g/mol. The molecule has 5 rings (SSSR count). The summed E-state index contributed by atoms with van der Waals surface area (Å²) in [5, 5.41) is 9.96. The molecule has 8 heteroatoms. The number of imidazole rings is 1. The van der Waals surface area contributed by atoms with E-state index in [4.69, 9.17) is 4.74 Å². The summed E-state index contributed by atoms with van der Waals surface area (Å²) in [5.74, 6) is 1.72. The van der Waals surface area contributed by atoms with Crippen molar-refractivity contribution in [1.29, 1.82) is 0 Å². The summed E-state index contributed by atoms with van der Waals surface area (Å²) in [6.07, 6.45) is 1.78. The minimum Gasteiger partial charge on any atom is -0.497 e. The van der Waals surface area contributed by atoms with E-state index in [2.05, 4.69) is 25.5 Å². The van der Waals surface area contributed by atoms with E-state index in [1.807, 2.05) is 65.2 Å². The molecule has 2 heterocycles. The summed E-state index contributed by atoms with van der Waals surface area (Å²) in [6, 6.07) is 22.8. The third kappa shape index (κ3) is 3.81. The summed E-state index contributed by atoms with van der Waals surface area (Å²) < 4.78 is 7.16. The third-order valence-corrected chi connectivity index (χ3v) is 5.16. The minimum atomic E-state index is -0.186. The maximum absolute atomic E-state index is 12.6. The molecule has 32 heavy (non-hydrogen) atoms. The van der Waals surface area contributed by atoms with Crippen molar-refractivity contribution in [1.82, 2.24) is 30.0 Å². The molecule has 158 valence electrons. The van der Waals surface area contributed by atoms with Crippen molar-refractivity contribution in [3.05, 3.63) is 90.5 Å². The van der Waals surface area contributed by atoms with Crippen LogP contribution in [0.2, 0.25) is 0 Å². The molecule has 1 amide bonds. The Morgan fingerprint density at radius 2 is 1.81 bits per heavy atom. The largest absolute Gasteiger partial charge is 0.497 e. The third-order valence-electron chi connectivity index (χ3n) is 5.16. The molecule has 5 aromatic rings. The van der Waals surface area contributed by atoms with Crippen LogP contribution in [0.15, 0.2) is 79.1 Å². The number of aromatic nitrogens is 5. The predicted molar refractivity (Wildman–Crippen MR) is 121 cm³/mol. The second-order valence-electron chi connectivity index (χ2n) is 7.17. The van der Waals surface area contributed by atoms with Gasteiger partial charge in [0.15, 0.2) is 5.82 Å². The van der Waals surface area contributed by atoms with Crippen LogP contribution in [0.3, 0.4) is 0 Å². The Balaban J connectivity index is 1.24. The number of fused-ring (bicyclic) bond motifs is 1. The van der Waals surface area contributed by atoms with Crippen LogP contribution in [-0.2, 0) is 6.54 Å². The fraction of sp³-hybridized carbons (Fsp3) is 0.0833. The highest BCUT2D eigenvalue weighted by molar-refractivity contribution is 5.94. The topological polar surface area (TPSA) is 97.7 Å². The number of methoxy groups -OCH3 is 1. The number of benzene rings is 3. The molecule has 2 aromatic heterocycles. The number of nitrogens with zero attached hydrogens (tertiary/aromatic N) is 4. The lowest BCUT2D eigenvalue weighted by Gasteiger charge is -2.07. The lowest BCUT2D eigenvalue weighted by molar-refractivity contribution is 0.0950. The van der Waals surface area contributed by atoms with Gasteiger partial charge in [-0.25, -0.2) is 9.97 Å². The van der Waals surface area contributed by atoms with Crippen molar-refractivity contribution in [2.45, 2.75) is 6.54 Å². The van der Waals surface area contributed by atoms with Crippen molar-refractivity contribution in [2.24, 2.45) is 0 Å². The summed E-state index contributed by atoms with van der Waals surface area (Å²) in [7, 11) is 1.62. The van der Waals surface area contributed by atoms with Gasteiger partial charge >= 0.3 is 0 Å². The first kappa shape index (κ1) is 19.5. The second kappa shape index (κ2) is 8.35. The Morgan fingerprint density at radius 3 is 2.59 bits per heavy atom. The number of hydrogen-bond donors (Lipinski definition) is 2. The molecule has 0 radical (unpaired) electrons. The van der Waals surface area contributed by atoms with Crippen LogP contribution < -0.4 is 10.1 Å². The maximum atomic E-state index is 12.6. The number of amides is 1. The van der Waals surface area contributed by atoms with Gasteiger partial charge in [0.05, 0.1) is 24.7 Å². The highest BCUT2D eigenvalue weighted by atomic mass is 16.5. The van der Waals surface area contributed by atoms with E-state index in [1.54, 1.807) is 25.6 Å². The molecule has 3 aromatic carbocycles. The Kier molecular flexibility index (Phi) is 5.09. The van der Waals surface area contributed by atoms with Crippen LogP contribution in [-0.4, -0.2) is 37.7 Å². The summed E-state index contributed by atoms with van der Waals surface area (Å²) in [5.41, 5.74) is 4.31. The van der Waals surface area contributed by atoms with Crippen molar-refractivity contribution < 1.29 is 9.53 Å². The molecular weight excluding hydrogens is 404 g/mol. The number of carbonyl (C=O) groups excluding carboxylic acids is 1. The summed E-state index contributed by atoms with van der Waals surface area (Å²) in [4.78, 5) is 21.4. The van der Waals surface area contributed by atoms with Gasteiger partial charge in [0, 0.05) is 16.8 Å². The van der Waals surface area contributed by atoms with Gasteiger partial charge in [-0.2, -0.15) is 5.10 Å². The van der Waals surface area contributed by atoms with Crippen LogP contribution in [0, 0.1) is 0 Å². The molecule has 8 nitrogen and oxygen atoms in total. The SMILES string of the molecule is COc1ccc(-c2n[nH]c(CNC(=O)c3ccc(-n4cnc5ccccc54)cc3)n2)cc1. The summed E-state index contributed by atoms with van der Waals surface area (Å²) >= 11 is 0. The van der Waals surface area contributed by atoms with Crippen LogP contribution in [0.4, 0.5) is 0 Å². The van der Waals surface area contributed by atoms with E-state index < -0.39 is 0 Å². The second-order valence-corrected chi connectivity index (χ2v) is 7.17. The molecular formula is C24H20N6O2. The maximum Gasteiger partial charge on any atom is 0.251 e. The van der Waals surface area contributed by atoms with Gasteiger partial charge in [-0.15, -0.1) is 0 Å². The lowest BCUT2D eigenvalue weighted by atomic mass is 10.2. The Hall–Kier alpha value is -4.46. The number of aromatic amines is 1. The van der Waals surface area contributed by atoms with E-state index >= 15 is 0 Å². The first-order valence-corrected chi connectivity index (χ1v) is 10.1. The number of hydrogen-bond acceptors (Lipinski definition) is 5. The average Bonchev–Trinajstić information content (AvgIpc) is 3.50. The quantitative estimate of drug-likeness (QED) is 0.433. The molecule has 0 aliphatic rings. The predicted octanol–water partition coefficient (Wildman–Crippen LogP) is 3.75. The van der Waals surface area contributed by atoms with Gasteiger partial charge in [-0.3, -0.25) is 14.5 Å². The number of H-pyrrole nitrogens is 1. The van der Waals surface area contributed by atoms with E-state index in [1.165, 1.54) is 0 Å². The zero-order chi connectivity index (χ0) is 21.9. The molecule has 2 N–H and O–H groups in total. The molecule has 0 atom stereocenters. The highest BCUT2D eigenvalue weighted by Crippen LogP contribution is 2.20. The van der Waals surface area contributed by atoms with Crippen LogP contribution in [0.1, 0.15) is 16.2 Å². The van der Waals surface area contributed by atoms with Crippen molar-refractivity contribution in [3.8, 4) is 22.8 Å². The highest BCUT2D eigenvalue weighted by Gasteiger charge is 2.10. The van der Waals surface area contributed by atoms with E-state index in [0.717, 1.165) is 28.0 Å². The number of carbonyl (C=O) groups is 1. The van der Waals surface area contributed by atoms with Crippen molar-refractivity contribution in [3.63, 3.8) is 0 Å². The molecule has 0 saturated heterocycles. The molecule has 0 aliphatic carbocycles.